The van der Waals surface area contributed by atoms with Crippen LogP contribution in [-0.2, 0) is 6.54 Å². The van der Waals surface area contributed by atoms with Gasteiger partial charge in [-0.25, -0.2) is 4.39 Å². The number of amides is 1. The molecule has 3 rings (SSSR count). The molecule has 2 aromatic carbocycles. The lowest BCUT2D eigenvalue weighted by atomic mass is 10.1. The quantitative estimate of drug-likeness (QED) is 0.772. The Morgan fingerprint density at radius 3 is 2.52 bits per heavy atom. The minimum Gasteiger partial charge on any atom is -0.497 e. The molecular weight excluding hydrogens is 361 g/mol. The maximum absolute atomic E-state index is 14.1. The summed E-state index contributed by atoms with van der Waals surface area (Å²) >= 11 is 3.21. The zero-order chi connectivity index (χ0) is 16.4. The summed E-state index contributed by atoms with van der Waals surface area (Å²) in [6, 6.07) is 12.3. The van der Waals surface area contributed by atoms with Crippen LogP contribution in [0.2, 0.25) is 0 Å². The number of rotatable bonds is 5. The molecule has 5 heteroatoms. The zero-order valence-corrected chi connectivity index (χ0v) is 14.3. The molecule has 1 aliphatic rings. The SMILES string of the molecule is COc1ccc(CN(C(=O)c2ccc(Br)cc2F)C2CC2)cc1. The van der Waals surface area contributed by atoms with Crippen LogP contribution in [0, 0.1) is 5.82 Å². The van der Waals surface area contributed by atoms with Gasteiger partial charge in [-0.1, -0.05) is 28.1 Å². The second-order valence-corrected chi connectivity index (χ2v) is 6.55. The predicted molar refractivity (Wildman–Crippen MR) is 90.0 cm³/mol. The average Bonchev–Trinajstić information content (AvgIpc) is 3.37. The van der Waals surface area contributed by atoms with Crippen molar-refractivity contribution in [1.82, 2.24) is 4.90 Å². The summed E-state index contributed by atoms with van der Waals surface area (Å²) in [6.45, 7) is 0.475. The highest BCUT2D eigenvalue weighted by atomic mass is 79.9. The standard InChI is InChI=1S/C18H17BrFNO2/c1-23-15-7-2-12(3-8-15)11-21(14-5-6-14)18(22)16-9-4-13(19)10-17(16)20/h2-4,7-10,14H,5-6,11H2,1H3. The van der Waals surface area contributed by atoms with E-state index < -0.39 is 5.82 Å². The first-order valence-electron chi connectivity index (χ1n) is 7.47. The number of halogens is 2. The molecule has 3 nitrogen and oxygen atoms in total. The van der Waals surface area contributed by atoms with E-state index in [0.29, 0.717) is 11.0 Å². The third-order valence-corrected chi connectivity index (χ3v) is 4.42. The van der Waals surface area contributed by atoms with E-state index in [1.54, 1.807) is 18.1 Å². The van der Waals surface area contributed by atoms with E-state index >= 15 is 0 Å². The number of carbonyl (C=O) groups is 1. The smallest absolute Gasteiger partial charge is 0.257 e. The lowest BCUT2D eigenvalue weighted by Crippen LogP contribution is -2.33. The highest BCUT2D eigenvalue weighted by Gasteiger charge is 2.34. The van der Waals surface area contributed by atoms with E-state index in [1.807, 2.05) is 24.3 Å². The number of hydrogen-bond donors (Lipinski definition) is 0. The third kappa shape index (κ3) is 3.72. The zero-order valence-electron chi connectivity index (χ0n) is 12.8. The van der Waals surface area contributed by atoms with Crippen molar-refractivity contribution in [1.29, 1.82) is 0 Å². The Bertz CT molecular complexity index is 713. The van der Waals surface area contributed by atoms with Crippen molar-refractivity contribution in [2.75, 3.05) is 7.11 Å². The molecule has 0 aromatic heterocycles. The molecule has 0 bridgehead atoms. The van der Waals surface area contributed by atoms with Gasteiger partial charge in [-0.15, -0.1) is 0 Å². The van der Waals surface area contributed by atoms with Crippen molar-refractivity contribution in [2.45, 2.75) is 25.4 Å². The van der Waals surface area contributed by atoms with Crippen LogP contribution in [0.1, 0.15) is 28.8 Å². The molecular formula is C18H17BrFNO2. The third-order valence-electron chi connectivity index (χ3n) is 3.92. The lowest BCUT2D eigenvalue weighted by molar-refractivity contribution is 0.0725. The van der Waals surface area contributed by atoms with Crippen LogP contribution < -0.4 is 4.74 Å². The fourth-order valence-corrected chi connectivity index (χ4v) is 2.83. The van der Waals surface area contributed by atoms with Crippen LogP contribution in [-0.4, -0.2) is 24.0 Å². The number of benzene rings is 2. The van der Waals surface area contributed by atoms with E-state index in [-0.39, 0.29) is 17.5 Å². The van der Waals surface area contributed by atoms with Gasteiger partial charge in [0.05, 0.1) is 12.7 Å². The van der Waals surface area contributed by atoms with Crippen LogP contribution in [0.4, 0.5) is 4.39 Å². The van der Waals surface area contributed by atoms with E-state index in [1.165, 1.54) is 12.1 Å². The van der Waals surface area contributed by atoms with Crippen LogP contribution in [0.5, 0.6) is 5.75 Å². The van der Waals surface area contributed by atoms with Crippen LogP contribution in [0.15, 0.2) is 46.9 Å². The second-order valence-electron chi connectivity index (χ2n) is 5.64. The minimum atomic E-state index is -0.496. The molecule has 1 fully saturated rings. The largest absolute Gasteiger partial charge is 0.497 e. The molecule has 0 aliphatic heterocycles. The van der Waals surface area contributed by atoms with Gasteiger partial charge in [0.25, 0.3) is 5.91 Å². The van der Waals surface area contributed by atoms with E-state index in [4.69, 9.17) is 4.74 Å². The lowest BCUT2D eigenvalue weighted by Gasteiger charge is -2.23. The average molecular weight is 378 g/mol. The van der Waals surface area contributed by atoms with E-state index in [2.05, 4.69) is 15.9 Å². The van der Waals surface area contributed by atoms with Gasteiger partial charge >= 0.3 is 0 Å². The molecule has 120 valence electrons. The van der Waals surface area contributed by atoms with Crippen molar-refractivity contribution in [3.63, 3.8) is 0 Å². The Morgan fingerprint density at radius 2 is 1.96 bits per heavy atom. The van der Waals surface area contributed by atoms with Crippen LogP contribution in [0.3, 0.4) is 0 Å². The maximum atomic E-state index is 14.1. The fraction of sp³-hybridized carbons (Fsp3) is 0.278. The first-order chi connectivity index (χ1) is 11.1. The van der Waals surface area contributed by atoms with Crippen LogP contribution in [0.25, 0.3) is 0 Å². The Labute approximate surface area is 143 Å². The van der Waals surface area contributed by atoms with Gasteiger partial charge in [-0.2, -0.15) is 0 Å². The summed E-state index contributed by atoms with van der Waals surface area (Å²) in [4.78, 5) is 14.5. The first-order valence-corrected chi connectivity index (χ1v) is 8.26. The monoisotopic (exact) mass is 377 g/mol. The molecule has 0 unspecified atom stereocenters. The number of carbonyl (C=O) groups excluding carboxylic acids is 1. The molecule has 2 aromatic rings. The molecule has 0 N–H and O–H groups in total. The summed E-state index contributed by atoms with van der Waals surface area (Å²) in [5.74, 6) is 0.0232. The van der Waals surface area contributed by atoms with Gasteiger partial charge in [-0.3, -0.25) is 4.79 Å². The Kier molecular flexibility index (Phi) is 4.66. The number of nitrogens with zero attached hydrogens (tertiary/aromatic N) is 1. The molecule has 0 saturated heterocycles. The molecule has 1 aliphatic carbocycles. The molecule has 1 saturated carbocycles. The molecule has 0 spiro atoms. The van der Waals surface area contributed by atoms with Gasteiger partial charge in [0.2, 0.25) is 0 Å². The molecule has 23 heavy (non-hydrogen) atoms. The Hall–Kier alpha value is -1.88. The van der Waals surface area contributed by atoms with Crippen molar-refractivity contribution in [3.8, 4) is 5.75 Å². The topological polar surface area (TPSA) is 29.5 Å². The Balaban J connectivity index is 1.81. The molecule has 1 amide bonds. The normalized spacial score (nSPS) is 13.7. The van der Waals surface area contributed by atoms with Gasteiger partial charge in [0.15, 0.2) is 0 Å². The van der Waals surface area contributed by atoms with Crippen molar-refractivity contribution < 1.29 is 13.9 Å². The first kappa shape index (κ1) is 16.0. The number of methoxy groups -OCH3 is 1. The van der Waals surface area contributed by atoms with Gasteiger partial charge in [-0.05, 0) is 48.7 Å². The van der Waals surface area contributed by atoms with E-state index in [9.17, 15) is 9.18 Å². The van der Waals surface area contributed by atoms with Crippen molar-refractivity contribution in [2.24, 2.45) is 0 Å². The number of hydrogen-bond acceptors (Lipinski definition) is 2. The number of ether oxygens (including phenoxy) is 1. The van der Waals surface area contributed by atoms with Crippen molar-refractivity contribution in [3.05, 3.63) is 63.9 Å². The summed E-state index contributed by atoms with van der Waals surface area (Å²) in [7, 11) is 1.62. The highest BCUT2D eigenvalue weighted by Crippen LogP contribution is 2.31. The second kappa shape index (κ2) is 6.71. The van der Waals surface area contributed by atoms with Gasteiger partial charge < -0.3 is 9.64 Å². The van der Waals surface area contributed by atoms with Crippen molar-refractivity contribution >= 4 is 21.8 Å². The molecule has 0 radical (unpaired) electrons. The summed E-state index contributed by atoms with van der Waals surface area (Å²) in [6.07, 6.45) is 1.94. The maximum Gasteiger partial charge on any atom is 0.257 e. The summed E-state index contributed by atoms with van der Waals surface area (Å²) in [5.41, 5.74) is 1.12. The molecule has 0 atom stereocenters. The summed E-state index contributed by atoms with van der Waals surface area (Å²) in [5, 5.41) is 0. The fourth-order valence-electron chi connectivity index (χ4n) is 2.50. The van der Waals surface area contributed by atoms with Gasteiger partial charge in [0, 0.05) is 17.1 Å². The van der Waals surface area contributed by atoms with Crippen LogP contribution >= 0.6 is 15.9 Å². The summed E-state index contributed by atoms with van der Waals surface area (Å²) < 4.78 is 19.9. The minimum absolute atomic E-state index is 0.119. The van der Waals surface area contributed by atoms with Gasteiger partial charge in [0.1, 0.15) is 11.6 Å². The predicted octanol–water partition coefficient (Wildman–Crippen LogP) is 4.40. The molecule has 0 heterocycles. The Morgan fingerprint density at radius 1 is 1.26 bits per heavy atom. The highest BCUT2D eigenvalue weighted by molar-refractivity contribution is 9.10. The van der Waals surface area contributed by atoms with E-state index in [0.717, 1.165) is 24.2 Å².